The molecule has 5 aromatic rings. The Labute approximate surface area is 232 Å². The van der Waals surface area contributed by atoms with E-state index in [2.05, 4.69) is 42.5 Å². The van der Waals surface area contributed by atoms with Gasteiger partial charge in [-0.05, 0) is 85.7 Å². The predicted molar refractivity (Wildman–Crippen MR) is 158 cm³/mol. The lowest BCUT2D eigenvalue weighted by atomic mass is 10.1. The normalized spacial score (nSPS) is 11.2. The number of fused-ring (bicyclic) bond motifs is 1. The average Bonchev–Trinajstić information content (AvgIpc) is 3.34. The van der Waals surface area contributed by atoms with Crippen LogP contribution < -0.4 is 10.6 Å². The molecule has 0 spiro atoms. The lowest BCUT2D eigenvalue weighted by molar-refractivity contribution is 0.298. The molecule has 0 radical (unpaired) electrons. The summed E-state index contributed by atoms with van der Waals surface area (Å²) < 4.78 is 15.6. The van der Waals surface area contributed by atoms with Crippen molar-refractivity contribution < 1.29 is 9.50 Å². The number of hydrogen-bond donors (Lipinski definition) is 4. The van der Waals surface area contributed by atoms with Gasteiger partial charge in [-0.2, -0.15) is 0 Å². The Morgan fingerprint density at radius 2 is 1.88 bits per heavy atom. The highest BCUT2D eigenvalue weighted by Gasteiger charge is 2.12. The highest BCUT2D eigenvalue weighted by atomic mass is 19.1. The van der Waals surface area contributed by atoms with Crippen molar-refractivity contribution in [1.82, 2.24) is 19.4 Å². The Morgan fingerprint density at radius 1 is 1.02 bits per heavy atom. The van der Waals surface area contributed by atoms with E-state index in [4.69, 9.17) is 5.41 Å². The monoisotopic (exact) mass is 537 g/mol. The first-order chi connectivity index (χ1) is 19.4. The summed E-state index contributed by atoms with van der Waals surface area (Å²) >= 11 is 0. The van der Waals surface area contributed by atoms with Crippen molar-refractivity contribution in [3.63, 3.8) is 0 Å². The minimum atomic E-state index is -0.275. The third kappa shape index (κ3) is 6.17. The molecule has 0 saturated carbocycles. The Morgan fingerprint density at radius 3 is 2.65 bits per heavy atom. The first-order valence-electron chi connectivity index (χ1n) is 13.0. The number of aromatic nitrogens is 3. The van der Waals surface area contributed by atoms with Crippen molar-refractivity contribution in [3.05, 3.63) is 107 Å². The summed E-state index contributed by atoms with van der Waals surface area (Å²) in [6.45, 7) is 1.33. The van der Waals surface area contributed by atoms with E-state index in [0.717, 1.165) is 45.6 Å². The van der Waals surface area contributed by atoms with Gasteiger partial charge in [0, 0.05) is 66.3 Å². The van der Waals surface area contributed by atoms with Gasteiger partial charge in [-0.15, -0.1) is 0 Å². The molecule has 0 atom stereocenters. The van der Waals surface area contributed by atoms with Gasteiger partial charge in [0.25, 0.3) is 0 Å². The van der Waals surface area contributed by atoms with Crippen LogP contribution in [0.3, 0.4) is 0 Å². The molecule has 4 N–H and O–H groups in total. The molecule has 0 aliphatic rings. The second-order valence-electron chi connectivity index (χ2n) is 9.91. The second kappa shape index (κ2) is 12.1. The van der Waals surface area contributed by atoms with Crippen LogP contribution in [0.1, 0.15) is 22.3 Å². The highest BCUT2D eigenvalue weighted by Crippen LogP contribution is 2.28. The van der Waals surface area contributed by atoms with Gasteiger partial charge in [-0.3, -0.25) is 0 Å². The van der Waals surface area contributed by atoms with Crippen LogP contribution in [-0.2, 0) is 19.5 Å². The van der Waals surface area contributed by atoms with E-state index < -0.39 is 0 Å². The molecular formula is C31H32FN7O. The van der Waals surface area contributed by atoms with E-state index in [1.807, 2.05) is 56.6 Å². The van der Waals surface area contributed by atoms with Crippen LogP contribution in [0.15, 0.2) is 79.4 Å². The van der Waals surface area contributed by atoms with E-state index in [1.54, 1.807) is 6.07 Å². The average molecular weight is 538 g/mol. The third-order valence-electron chi connectivity index (χ3n) is 6.63. The molecule has 0 unspecified atom stereocenters. The minimum Gasteiger partial charge on any atom is -0.396 e. The molecule has 0 aliphatic carbocycles. The van der Waals surface area contributed by atoms with Gasteiger partial charge in [0.15, 0.2) is 0 Å². The molecule has 9 heteroatoms. The fourth-order valence-corrected chi connectivity index (χ4v) is 4.72. The molecule has 0 saturated heterocycles. The lowest BCUT2D eigenvalue weighted by Crippen LogP contribution is -2.11. The van der Waals surface area contributed by atoms with Crippen LogP contribution in [0.25, 0.3) is 16.6 Å². The van der Waals surface area contributed by atoms with E-state index in [9.17, 15) is 9.50 Å². The Balaban J connectivity index is 1.41. The summed E-state index contributed by atoms with van der Waals surface area (Å²) in [6, 6.07) is 18.2. The maximum absolute atomic E-state index is 13.5. The second-order valence-corrected chi connectivity index (χ2v) is 9.91. The highest BCUT2D eigenvalue weighted by molar-refractivity contribution is 5.93. The van der Waals surface area contributed by atoms with E-state index >= 15 is 0 Å². The molecule has 0 bridgehead atoms. The van der Waals surface area contributed by atoms with E-state index in [-0.39, 0.29) is 12.4 Å². The van der Waals surface area contributed by atoms with Gasteiger partial charge >= 0.3 is 0 Å². The molecule has 0 fully saturated rings. The number of nitrogens with zero attached hydrogens (tertiary/aromatic N) is 4. The summed E-state index contributed by atoms with van der Waals surface area (Å²) in [5.41, 5.74) is 7.12. The number of aliphatic hydroxyl groups excluding tert-OH is 1. The standard InChI is InChI=1S/C31H32FN7O/c1-38(2)17-24-19-39(18-22(24)10-11-40)27-7-9-30-28(14-27)31(36-20-35-30)37-26-6-8-29(23(13-26)15-33)34-16-21-4-3-5-25(32)12-21/h3-9,12-15,18-20,33-34,40H,10-11,16-17H2,1-2H3,(H,35,36,37). The van der Waals surface area contributed by atoms with E-state index in [0.29, 0.717) is 24.3 Å². The summed E-state index contributed by atoms with van der Waals surface area (Å²) in [5.74, 6) is 0.377. The third-order valence-corrected chi connectivity index (χ3v) is 6.63. The van der Waals surface area contributed by atoms with Crippen LogP contribution >= 0.6 is 0 Å². The smallest absolute Gasteiger partial charge is 0.141 e. The first kappa shape index (κ1) is 27.0. The molecule has 40 heavy (non-hydrogen) atoms. The first-order valence-corrected chi connectivity index (χ1v) is 13.0. The number of aliphatic hydroxyl groups is 1. The van der Waals surface area contributed by atoms with Crippen molar-refractivity contribution in [2.45, 2.75) is 19.5 Å². The van der Waals surface area contributed by atoms with Crippen LogP contribution in [0.4, 0.5) is 21.6 Å². The van der Waals surface area contributed by atoms with Crippen LogP contribution in [0, 0.1) is 11.2 Å². The number of halogens is 1. The maximum Gasteiger partial charge on any atom is 0.141 e. The fourth-order valence-electron chi connectivity index (χ4n) is 4.72. The van der Waals surface area contributed by atoms with Crippen molar-refractivity contribution >= 4 is 34.3 Å². The van der Waals surface area contributed by atoms with Crippen molar-refractivity contribution in [2.75, 3.05) is 31.3 Å². The van der Waals surface area contributed by atoms with Crippen LogP contribution in [0.2, 0.25) is 0 Å². The topological polar surface area (TPSA) is 102 Å². The molecule has 2 heterocycles. The maximum atomic E-state index is 13.5. The quantitative estimate of drug-likeness (QED) is 0.166. The Bertz CT molecular complexity index is 1650. The molecule has 8 nitrogen and oxygen atoms in total. The largest absolute Gasteiger partial charge is 0.396 e. The van der Waals surface area contributed by atoms with Crippen molar-refractivity contribution in [2.24, 2.45) is 0 Å². The number of anilines is 3. The van der Waals surface area contributed by atoms with Crippen LogP contribution in [-0.4, -0.2) is 51.5 Å². The fraction of sp³-hybridized carbons (Fsp3) is 0.194. The summed E-state index contributed by atoms with van der Waals surface area (Å²) in [7, 11) is 4.06. The van der Waals surface area contributed by atoms with Gasteiger partial charge in [0.05, 0.1) is 5.52 Å². The molecule has 204 valence electrons. The zero-order valence-corrected chi connectivity index (χ0v) is 22.5. The number of benzene rings is 3. The summed E-state index contributed by atoms with van der Waals surface area (Å²) in [5, 5.41) is 25.0. The predicted octanol–water partition coefficient (Wildman–Crippen LogP) is 5.51. The lowest BCUT2D eigenvalue weighted by Gasteiger charge is -2.14. The number of hydrogen-bond acceptors (Lipinski definition) is 7. The van der Waals surface area contributed by atoms with Crippen molar-refractivity contribution in [1.29, 1.82) is 5.41 Å². The van der Waals surface area contributed by atoms with Crippen LogP contribution in [0.5, 0.6) is 0 Å². The number of nitrogens with one attached hydrogen (secondary N) is 3. The Hall–Kier alpha value is -4.60. The molecule has 5 rings (SSSR count). The zero-order chi connectivity index (χ0) is 28.1. The Kier molecular flexibility index (Phi) is 8.14. The number of rotatable bonds is 11. The van der Waals surface area contributed by atoms with Gasteiger partial charge < -0.3 is 30.6 Å². The van der Waals surface area contributed by atoms with Gasteiger partial charge in [0.2, 0.25) is 0 Å². The summed E-state index contributed by atoms with van der Waals surface area (Å²) in [6.07, 6.45) is 7.59. The minimum absolute atomic E-state index is 0.0981. The zero-order valence-electron chi connectivity index (χ0n) is 22.5. The molecule has 2 aromatic heterocycles. The molecular weight excluding hydrogens is 505 g/mol. The molecule has 0 aliphatic heterocycles. The SMILES string of the molecule is CN(C)Cc1cn(-c2ccc3ncnc(Nc4ccc(NCc5cccc(F)c5)c(C=N)c4)c3c2)cc1CCO. The van der Waals surface area contributed by atoms with Gasteiger partial charge in [0.1, 0.15) is 18.0 Å². The van der Waals surface area contributed by atoms with Crippen molar-refractivity contribution in [3.8, 4) is 5.69 Å². The van der Waals surface area contributed by atoms with Gasteiger partial charge in [-0.25, -0.2) is 14.4 Å². The van der Waals surface area contributed by atoms with E-state index in [1.165, 1.54) is 30.2 Å². The van der Waals surface area contributed by atoms with Gasteiger partial charge in [-0.1, -0.05) is 12.1 Å². The summed E-state index contributed by atoms with van der Waals surface area (Å²) in [4.78, 5) is 11.1. The molecule has 3 aromatic carbocycles. The molecule has 0 amide bonds.